The van der Waals surface area contributed by atoms with Crippen LogP contribution in [0.3, 0.4) is 0 Å². The van der Waals surface area contributed by atoms with Gasteiger partial charge in [-0.1, -0.05) is 58.9 Å². The van der Waals surface area contributed by atoms with E-state index in [0.29, 0.717) is 12.0 Å². The summed E-state index contributed by atoms with van der Waals surface area (Å²) >= 11 is 0. The summed E-state index contributed by atoms with van der Waals surface area (Å²) in [5.41, 5.74) is -1.94. The van der Waals surface area contributed by atoms with Crippen LogP contribution in [0.4, 0.5) is 0 Å². The smallest absolute Gasteiger partial charge is 0.339 e. The van der Waals surface area contributed by atoms with Gasteiger partial charge in [-0.2, -0.15) is 0 Å². The third-order valence-electron chi connectivity index (χ3n) is 11.8. The molecule has 3 heterocycles. The number of ether oxygens (including phenoxy) is 3. The molecule has 0 radical (unpaired) electrons. The van der Waals surface area contributed by atoms with Crippen molar-refractivity contribution < 1.29 is 33.0 Å². The van der Waals surface area contributed by atoms with Gasteiger partial charge in [0.05, 0.1) is 18.1 Å². The summed E-state index contributed by atoms with van der Waals surface area (Å²) in [6.45, 7) is 10.6. The second kappa shape index (κ2) is 7.96. The van der Waals surface area contributed by atoms with Gasteiger partial charge in [-0.25, -0.2) is 9.59 Å². The zero-order chi connectivity index (χ0) is 28.3. The minimum absolute atomic E-state index is 0.00933. The molecule has 7 rings (SSSR count). The number of ketones is 1. The number of furan rings is 1. The van der Waals surface area contributed by atoms with E-state index in [2.05, 4.69) is 26.8 Å². The van der Waals surface area contributed by atoms with E-state index in [1.807, 2.05) is 38.1 Å². The highest BCUT2D eigenvalue weighted by atomic mass is 16.7. The first kappa shape index (κ1) is 25.8. The third kappa shape index (κ3) is 2.92. The molecule has 9 atom stereocenters. The van der Waals surface area contributed by atoms with E-state index in [0.717, 1.165) is 18.4 Å². The minimum Gasteiger partial charge on any atom is -0.472 e. The first-order chi connectivity index (χ1) is 18.9. The summed E-state index contributed by atoms with van der Waals surface area (Å²) in [5, 5.41) is 0. The van der Waals surface area contributed by atoms with Crippen LogP contribution >= 0.6 is 0 Å². The summed E-state index contributed by atoms with van der Waals surface area (Å²) < 4.78 is 24.6. The quantitative estimate of drug-likeness (QED) is 0.353. The number of cyclic esters (lactones) is 1. The van der Waals surface area contributed by atoms with Gasteiger partial charge in [0.25, 0.3) is 0 Å². The maximum atomic E-state index is 13.6. The zero-order valence-corrected chi connectivity index (χ0v) is 23.6. The Labute approximate surface area is 234 Å². The molecule has 2 saturated carbocycles. The molecule has 1 aromatic carbocycles. The number of carbonyl (C=O) groups excluding carboxylic acids is 3. The molecule has 210 valence electrons. The van der Waals surface area contributed by atoms with Crippen LogP contribution in [0.2, 0.25) is 0 Å². The molecule has 2 aliphatic heterocycles. The van der Waals surface area contributed by atoms with Crippen LogP contribution in [0.25, 0.3) is 0 Å². The Balaban J connectivity index is 1.40. The Morgan fingerprint density at radius 3 is 2.42 bits per heavy atom. The first-order valence-corrected chi connectivity index (χ1v) is 14.3. The number of carbonyl (C=O) groups is 3. The van der Waals surface area contributed by atoms with Crippen molar-refractivity contribution >= 4 is 17.7 Å². The lowest BCUT2D eigenvalue weighted by Gasteiger charge is -2.68. The normalized spacial score (nSPS) is 44.4. The number of benzene rings is 1. The highest BCUT2D eigenvalue weighted by Gasteiger charge is 2.88. The third-order valence-corrected chi connectivity index (χ3v) is 11.8. The Bertz CT molecular complexity index is 1430. The van der Waals surface area contributed by atoms with Gasteiger partial charge >= 0.3 is 11.9 Å². The van der Waals surface area contributed by atoms with Gasteiger partial charge in [0.2, 0.25) is 0 Å². The Morgan fingerprint density at radius 1 is 0.975 bits per heavy atom. The molecule has 1 spiro atoms. The van der Waals surface area contributed by atoms with Gasteiger partial charge in [-0.3, -0.25) is 4.79 Å². The van der Waals surface area contributed by atoms with Gasteiger partial charge in [0, 0.05) is 21.8 Å². The molecule has 4 fully saturated rings. The van der Waals surface area contributed by atoms with Crippen LogP contribution in [0.5, 0.6) is 0 Å². The zero-order valence-electron chi connectivity index (χ0n) is 23.6. The molecule has 2 saturated heterocycles. The molecule has 40 heavy (non-hydrogen) atoms. The van der Waals surface area contributed by atoms with Crippen LogP contribution in [0.15, 0.2) is 65.5 Å². The Kier molecular flexibility index (Phi) is 5.13. The van der Waals surface area contributed by atoms with Crippen molar-refractivity contribution in [2.45, 2.75) is 77.8 Å². The van der Waals surface area contributed by atoms with E-state index in [-0.39, 0.29) is 29.0 Å². The highest BCUT2D eigenvalue weighted by molar-refractivity contribution is 5.96. The Hall–Kier alpha value is -3.19. The molecule has 2 aromatic rings. The van der Waals surface area contributed by atoms with Crippen molar-refractivity contribution in [1.82, 2.24) is 0 Å². The topological polar surface area (TPSA) is 95.3 Å². The lowest BCUT2D eigenvalue weighted by molar-refractivity contribution is -0.246. The molecule has 0 bridgehead atoms. The second-order valence-corrected chi connectivity index (χ2v) is 13.7. The SMILES string of the molecule is CC1(C)C(=O)C=C[C@]2(C)[C@H]3CC[C@@]4(C)[C@H](c5ccoc5)OC(=O)[C@H]5O[C@]54[C@]3(C)[C@H](OC(=O)c3ccccc3)C[C@@H]12. The van der Waals surface area contributed by atoms with Crippen LogP contribution in [0.1, 0.15) is 75.9 Å². The van der Waals surface area contributed by atoms with Gasteiger partial charge in [-0.05, 0) is 60.8 Å². The highest BCUT2D eigenvalue weighted by Crippen LogP contribution is 2.79. The van der Waals surface area contributed by atoms with Gasteiger partial charge < -0.3 is 18.6 Å². The van der Waals surface area contributed by atoms with Crippen molar-refractivity contribution in [1.29, 1.82) is 0 Å². The summed E-state index contributed by atoms with van der Waals surface area (Å²) in [6, 6.07) is 10.8. The van der Waals surface area contributed by atoms with Crippen molar-refractivity contribution in [3.63, 3.8) is 0 Å². The summed E-state index contributed by atoms with van der Waals surface area (Å²) in [6.07, 6.45) is 7.23. The van der Waals surface area contributed by atoms with E-state index < -0.39 is 46.1 Å². The van der Waals surface area contributed by atoms with Crippen LogP contribution < -0.4 is 0 Å². The number of esters is 2. The molecule has 7 heteroatoms. The van der Waals surface area contributed by atoms with Crippen molar-refractivity contribution in [3.8, 4) is 0 Å². The maximum absolute atomic E-state index is 13.6. The van der Waals surface area contributed by atoms with E-state index in [9.17, 15) is 14.4 Å². The molecular formula is C33H36O7. The van der Waals surface area contributed by atoms with Crippen LogP contribution in [0, 0.1) is 33.5 Å². The molecule has 0 unspecified atom stereocenters. The lowest BCUT2D eigenvalue weighted by Crippen LogP contribution is -2.72. The van der Waals surface area contributed by atoms with Crippen molar-refractivity contribution in [3.05, 3.63) is 72.2 Å². The standard InChI is InChI=1S/C33H36O7/c1-29(2)22-17-24(38-27(35)19-9-7-6-8-10-19)32(5)21(30(22,3)14-12-23(29)34)11-15-31(4)25(20-13-16-37-18-20)39-28(36)26-33(31,32)40-26/h6-10,12-14,16,18,21-22,24-26H,11,15,17H2,1-5H3/t21-,22+,24-,25+,26-,30-,31+,32+,33-/m1/s1. The largest absolute Gasteiger partial charge is 0.472 e. The van der Waals surface area contributed by atoms with Crippen molar-refractivity contribution in [2.75, 3.05) is 0 Å². The second-order valence-electron chi connectivity index (χ2n) is 13.7. The van der Waals surface area contributed by atoms with E-state index in [1.54, 1.807) is 30.7 Å². The van der Waals surface area contributed by atoms with Gasteiger partial charge in [0.1, 0.15) is 17.8 Å². The van der Waals surface area contributed by atoms with Gasteiger partial charge in [-0.15, -0.1) is 0 Å². The predicted octanol–water partition coefficient (Wildman–Crippen LogP) is 5.85. The number of allylic oxidation sites excluding steroid dienone is 2. The number of hydrogen-bond donors (Lipinski definition) is 0. The molecular weight excluding hydrogens is 508 g/mol. The summed E-state index contributed by atoms with van der Waals surface area (Å²) in [5.74, 6) is -0.768. The Morgan fingerprint density at radius 2 is 1.73 bits per heavy atom. The van der Waals surface area contributed by atoms with Crippen LogP contribution in [-0.2, 0) is 23.8 Å². The van der Waals surface area contributed by atoms with Crippen molar-refractivity contribution in [2.24, 2.45) is 33.5 Å². The summed E-state index contributed by atoms with van der Waals surface area (Å²) in [4.78, 5) is 40.3. The average Bonchev–Trinajstić information content (AvgIpc) is 3.50. The fourth-order valence-electron chi connectivity index (χ4n) is 9.77. The number of rotatable bonds is 3. The number of epoxide rings is 1. The molecule has 1 aromatic heterocycles. The predicted molar refractivity (Wildman–Crippen MR) is 144 cm³/mol. The average molecular weight is 545 g/mol. The van der Waals surface area contributed by atoms with Crippen LogP contribution in [-0.4, -0.2) is 35.5 Å². The molecule has 0 amide bonds. The molecule has 3 aliphatic carbocycles. The number of fused-ring (bicyclic) bond motifs is 3. The summed E-state index contributed by atoms with van der Waals surface area (Å²) in [7, 11) is 0. The van der Waals surface area contributed by atoms with E-state index in [4.69, 9.17) is 18.6 Å². The monoisotopic (exact) mass is 544 g/mol. The lowest BCUT2D eigenvalue weighted by atomic mass is 9.35. The number of hydrogen-bond acceptors (Lipinski definition) is 7. The maximum Gasteiger partial charge on any atom is 0.339 e. The van der Waals surface area contributed by atoms with E-state index >= 15 is 0 Å². The molecule has 0 N–H and O–H groups in total. The fraction of sp³-hybridized carbons (Fsp3) is 0.545. The molecule has 5 aliphatic rings. The van der Waals surface area contributed by atoms with Gasteiger partial charge in [0.15, 0.2) is 11.9 Å². The minimum atomic E-state index is -0.907. The fourth-order valence-corrected chi connectivity index (χ4v) is 9.77. The molecule has 7 nitrogen and oxygen atoms in total. The van der Waals surface area contributed by atoms with E-state index in [1.165, 1.54) is 0 Å². The first-order valence-electron chi connectivity index (χ1n) is 14.3.